The highest BCUT2D eigenvalue weighted by atomic mass is 16.1. The molecule has 0 aliphatic heterocycles. The van der Waals surface area contributed by atoms with E-state index in [-0.39, 0.29) is 5.91 Å². The number of amides is 1. The van der Waals surface area contributed by atoms with Gasteiger partial charge in [-0.3, -0.25) is 4.79 Å². The molecule has 0 spiro atoms. The zero-order chi connectivity index (χ0) is 14.3. The van der Waals surface area contributed by atoms with E-state index in [2.05, 4.69) is 24.5 Å². The molecule has 0 saturated heterocycles. The Morgan fingerprint density at radius 3 is 2.75 bits per heavy atom. The lowest BCUT2D eigenvalue weighted by Gasteiger charge is -2.17. The Labute approximate surface area is 119 Å². The molecule has 0 radical (unpaired) electrons. The number of benzene rings is 1. The molecule has 1 aromatic heterocycles. The van der Waals surface area contributed by atoms with E-state index in [1.807, 2.05) is 12.1 Å². The average molecular weight is 270 g/mol. The van der Waals surface area contributed by atoms with Gasteiger partial charge in [0, 0.05) is 17.6 Å². The van der Waals surface area contributed by atoms with Crippen LogP contribution in [0.3, 0.4) is 0 Å². The molecule has 1 aliphatic carbocycles. The van der Waals surface area contributed by atoms with Crippen LogP contribution in [0, 0.1) is 5.92 Å². The van der Waals surface area contributed by atoms with Gasteiger partial charge in [-0.15, -0.1) is 0 Å². The first-order valence-electron chi connectivity index (χ1n) is 7.52. The van der Waals surface area contributed by atoms with Crippen LogP contribution in [0.15, 0.2) is 18.2 Å². The molecule has 106 valence electrons. The number of para-hydroxylation sites is 1. The van der Waals surface area contributed by atoms with E-state index in [4.69, 9.17) is 5.73 Å². The smallest absolute Gasteiger partial charge is 0.250 e. The largest absolute Gasteiger partial charge is 0.366 e. The minimum atomic E-state index is -0.324. The minimum Gasteiger partial charge on any atom is -0.366 e. The van der Waals surface area contributed by atoms with E-state index in [9.17, 15) is 4.79 Å². The lowest BCUT2D eigenvalue weighted by atomic mass is 9.95. The molecule has 0 bridgehead atoms. The maximum absolute atomic E-state index is 11.8. The molecule has 3 heteroatoms. The summed E-state index contributed by atoms with van der Waals surface area (Å²) in [5.41, 5.74) is 10.2. The van der Waals surface area contributed by atoms with Gasteiger partial charge in [-0.05, 0) is 43.2 Å². The molecule has 0 saturated carbocycles. The van der Waals surface area contributed by atoms with Crippen molar-refractivity contribution in [3.63, 3.8) is 0 Å². The van der Waals surface area contributed by atoms with E-state index >= 15 is 0 Å². The van der Waals surface area contributed by atoms with Crippen molar-refractivity contribution in [1.82, 2.24) is 4.57 Å². The average Bonchev–Trinajstić information content (AvgIpc) is 2.73. The van der Waals surface area contributed by atoms with Gasteiger partial charge >= 0.3 is 0 Å². The predicted molar refractivity (Wildman–Crippen MR) is 81.9 cm³/mol. The first kappa shape index (κ1) is 13.2. The monoisotopic (exact) mass is 270 g/mol. The number of aromatic nitrogens is 1. The SMILES string of the molecule is CC(C)Cn1c2c(c3cccc(C(N)=O)c31)CCCC2. The van der Waals surface area contributed by atoms with Crippen molar-refractivity contribution >= 4 is 16.8 Å². The predicted octanol–water partition coefficient (Wildman–Crippen LogP) is 3.28. The van der Waals surface area contributed by atoms with Gasteiger partial charge in [-0.25, -0.2) is 0 Å². The van der Waals surface area contributed by atoms with Gasteiger partial charge in [0.05, 0.1) is 11.1 Å². The van der Waals surface area contributed by atoms with Crippen molar-refractivity contribution < 1.29 is 4.79 Å². The molecule has 2 N–H and O–H groups in total. The summed E-state index contributed by atoms with van der Waals surface area (Å²) >= 11 is 0. The van der Waals surface area contributed by atoms with E-state index < -0.39 is 0 Å². The van der Waals surface area contributed by atoms with Crippen LogP contribution in [0.1, 0.15) is 48.3 Å². The molecular formula is C17H22N2O. The van der Waals surface area contributed by atoms with Crippen molar-refractivity contribution in [3.05, 3.63) is 35.0 Å². The quantitative estimate of drug-likeness (QED) is 0.914. The zero-order valence-electron chi connectivity index (χ0n) is 12.3. The fourth-order valence-electron chi connectivity index (χ4n) is 3.46. The van der Waals surface area contributed by atoms with Crippen LogP contribution in [-0.4, -0.2) is 10.5 Å². The van der Waals surface area contributed by atoms with Crippen molar-refractivity contribution in [2.45, 2.75) is 46.1 Å². The van der Waals surface area contributed by atoms with Gasteiger partial charge in [0.1, 0.15) is 0 Å². The Morgan fingerprint density at radius 1 is 1.30 bits per heavy atom. The number of carbonyl (C=O) groups is 1. The Morgan fingerprint density at radius 2 is 2.05 bits per heavy atom. The number of rotatable bonds is 3. The van der Waals surface area contributed by atoms with Crippen LogP contribution in [0.5, 0.6) is 0 Å². The van der Waals surface area contributed by atoms with Crippen LogP contribution >= 0.6 is 0 Å². The second-order valence-corrected chi connectivity index (χ2v) is 6.20. The molecule has 1 heterocycles. The lowest BCUT2D eigenvalue weighted by molar-refractivity contribution is 0.100. The molecule has 0 fully saturated rings. The molecule has 1 aliphatic rings. The van der Waals surface area contributed by atoms with Crippen LogP contribution in [0.4, 0.5) is 0 Å². The molecule has 2 aromatic rings. The Balaban J connectivity index is 2.34. The van der Waals surface area contributed by atoms with Gasteiger partial charge in [0.25, 0.3) is 5.91 Å². The van der Waals surface area contributed by atoms with Crippen LogP contribution < -0.4 is 5.73 Å². The van der Waals surface area contributed by atoms with Crippen LogP contribution in [0.25, 0.3) is 10.9 Å². The number of hydrogen-bond acceptors (Lipinski definition) is 1. The van der Waals surface area contributed by atoms with Gasteiger partial charge < -0.3 is 10.3 Å². The number of nitrogens with zero attached hydrogens (tertiary/aromatic N) is 1. The van der Waals surface area contributed by atoms with Crippen molar-refractivity contribution in [2.75, 3.05) is 0 Å². The molecule has 20 heavy (non-hydrogen) atoms. The summed E-state index contributed by atoms with van der Waals surface area (Å²) < 4.78 is 2.36. The maximum Gasteiger partial charge on any atom is 0.250 e. The summed E-state index contributed by atoms with van der Waals surface area (Å²) in [4.78, 5) is 11.8. The van der Waals surface area contributed by atoms with Gasteiger partial charge in [-0.1, -0.05) is 26.0 Å². The zero-order valence-corrected chi connectivity index (χ0v) is 12.3. The summed E-state index contributed by atoms with van der Waals surface area (Å²) in [5.74, 6) is 0.230. The molecule has 3 nitrogen and oxygen atoms in total. The normalized spacial score (nSPS) is 14.8. The van der Waals surface area contributed by atoms with Crippen LogP contribution in [0.2, 0.25) is 0 Å². The summed E-state index contributed by atoms with van der Waals surface area (Å²) in [6, 6.07) is 5.95. The Bertz CT molecular complexity index is 667. The molecule has 1 aromatic carbocycles. The first-order valence-corrected chi connectivity index (χ1v) is 7.52. The van der Waals surface area contributed by atoms with Crippen LogP contribution in [-0.2, 0) is 19.4 Å². The van der Waals surface area contributed by atoms with E-state index in [1.54, 1.807) is 0 Å². The highest BCUT2D eigenvalue weighted by Crippen LogP contribution is 2.34. The standard InChI is InChI=1S/C17H22N2O/c1-11(2)10-19-15-9-4-3-6-12(15)13-7-5-8-14(16(13)19)17(18)20/h5,7-8,11H,3-4,6,9-10H2,1-2H3,(H2,18,20). The highest BCUT2D eigenvalue weighted by molar-refractivity contribution is 6.06. The van der Waals surface area contributed by atoms with Gasteiger partial charge in [0.15, 0.2) is 0 Å². The lowest BCUT2D eigenvalue weighted by Crippen LogP contribution is -2.15. The minimum absolute atomic E-state index is 0.324. The second-order valence-electron chi connectivity index (χ2n) is 6.20. The van der Waals surface area contributed by atoms with Crippen molar-refractivity contribution in [3.8, 4) is 0 Å². The molecule has 0 atom stereocenters. The van der Waals surface area contributed by atoms with Gasteiger partial charge in [-0.2, -0.15) is 0 Å². The van der Waals surface area contributed by atoms with E-state index in [0.29, 0.717) is 11.5 Å². The third-order valence-corrected chi connectivity index (χ3v) is 4.21. The highest BCUT2D eigenvalue weighted by Gasteiger charge is 2.23. The number of hydrogen-bond donors (Lipinski definition) is 1. The number of nitrogens with two attached hydrogens (primary N) is 1. The summed E-state index contributed by atoms with van der Waals surface area (Å²) in [6.07, 6.45) is 4.73. The Hall–Kier alpha value is -1.77. The fourth-order valence-corrected chi connectivity index (χ4v) is 3.46. The maximum atomic E-state index is 11.8. The molecular weight excluding hydrogens is 248 g/mol. The number of primary amides is 1. The van der Waals surface area contributed by atoms with Gasteiger partial charge in [0.2, 0.25) is 0 Å². The molecule has 0 unspecified atom stereocenters. The number of carbonyl (C=O) groups excluding carboxylic acids is 1. The Kier molecular flexibility index (Phi) is 3.28. The fraction of sp³-hybridized carbons (Fsp3) is 0.471. The topological polar surface area (TPSA) is 48.0 Å². The molecule has 1 amide bonds. The second kappa shape index (κ2) is 4.97. The summed E-state index contributed by atoms with van der Waals surface area (Å²) in [5, 5.41) is 1.23. The van der Waals surface area contributed by atoms with Crippen molar-refractivity contribution in [1.29, 1.82) is 0 Å². The van der Waals surface area contributed by atoms with E-state index in [1.165, 1.54) is 29.5 Å². The number of aryl methyl sites for hydroxylation is 1. The third kappa shape index (κ3) is 2.01. The summed E-state index contributed by atoms with van der Waals surface area (Å²) in [7, 11) is 0. The molecule has 3 rings (SSSR count). The van der Waals surface area contributed by atoms with Crippen molar-refractivity contribution in [2.24, 2.45) is 11.7 Å². The summed E-state index contributed by atoms with van der Waals surface area (Å²) in [6.45, 7) is 5.39. The first-order chi connectivity index (χ1) is 9.59. The number of fused-ring (bicyclic) bond motifs is 3. The third-order valence-electron chi connectivity index (χ3n) is 4.21. The van der Waals surface area contributed by atoms with E-state index in [0.717, 1.165) is 24.9 Å².